The summed E-state index contributed by atoms with van der Waals surface area (Å²) in [4.78, 5) is 26.0. The van der Waals surface area contributed by atoms with Crippen molar-refractivity contribution in [2.45, 2.75) is 51.7 Å². The minimum Gasteiger partial charge on any atom is -0.370 e. The zero-order valence-corrected chi connectivity index (χ0v) is 21.7. The molecule has 0 bridgehead atoms. The summed E-state index contributed by atoms with van der Waals surface area (Å²) < 4.78 is 56.9. The number of halogens is 4. The molecule has 7 nitrogen and oxygen atoms in total. The third-order valence-corrected chi connectivity index (χ3v) is 6.96. The number of nitrogens with two attached hydrogens (primary N) is 1. The van der Waals surface area contributed by atoms with Crippen molar-refractivity contribution in [1.82, 2.24) is 19.8 Å². The molecule has 2 fully saturated rings. The Morgan fingerprint density at radius 1 is 1.05 bits per heavy atom. The minimum atomic E-state index is -1.89. The van der Waals surface area contributed by atoms with Crippen LogP contribution in [0.3, 0.4) is 0 Å². The molecular formula is C26H36F4N6O. The first-order chi connectivity index (χ1) is 17.6. The smallest absolute Gasteiger partial charge is 0.260 e. The summed E-state index contributed by atoms with van der Waals surface area (Å²) in [6.07, 6.45) is 4.72. The molecular weight excluding hydrogens is 488 g/mol. The van der Waals surface area contributed by atoms with Crippen LogP contribution in [0.1, 0.15) is 45.1 Å². The first-order valence-electron chi connectivity index (χ1n) is 12.8. The van der Waals surface area contributed by atoms with Gasteiger partial charge in [-0.25, -0.2) is 27.5 Å². The quantitative estimate of drug-likeness (QED) is 0.572. The summed E-state index contributed by atoms with van der Waals surface area (Å²) >= 11 is 0. The van der Waals surface area contributed by atoms with Crippen LogP contribution >= 0.6 is 0 Å². The zero-order valence-electron chi connectivity index (χ0n) is 21.7. The summed E-state index contributed by atoms with van der Waals surface area (Å²) in [5, 5.41) is 0. The third kappa shape index (κ3) is 7.09. The number of amides is 1. The number of likely N-dealkylation sites (tertiary alicyclic amines) is 2. The lowest BCUT2D eigenvalue weighted by Crippen LogP contribution is -2.54. The van der Waals surface area contributed by atoms with Crippen molar-refractivity contribution in [3.63, 3.8) is 0 Å². The standard InChI is InChI=1S/C24H30F4N6O.C2H6/c1-32(21-19(26)10-18(25)11-20(21)27)14-16-2-6-34(7-3-16)22(35)24(28)4-8-33(9-5-24)15-17-12-30-23(29)31-13-17;1-2/h10-13,16H,2-9,14-15H2,1H3,(H2,29,30,31);1-2H3. The summed E-state index contributed by atoms with van der Waals surface area (Å²) in [6, 6.07) is 1.32. The van der Waals surface area contributed by atoms with E-state index in [2.05, 4.69) is 14.9 Å². The molecule has 2 aliphatic rings. The number of rotatable bonds is 6. The maximum absolute atomic E-state index is 15.6. The normalized spacial score (nSPS) is 18.2. The zero-order chi connectivity index (χ0) is 27.2. The van der Waals surface area contributed by atoms with Crippen molar-refractivity contribution in [3.05, 3.63) is 47.5 Å². The maximum Gasteiger partial charge on any atom is 0.260 e. The molecule has 2 aromatic rings. The van der Waals surface area contributed by atoms with E-state index < -0.39 is 29.0 Å². The third-order valence-electron chi connectivity index (χ3n) is 6.96. The Balaban J connectivity index is 0.00000186. The van der Waals surface area contributed by atoms with Gasteiger partial charge in [-0.05, 0) is 18.8 Å². The second-order valence-electron chi connectivity index (χ2n) is 9.53. The molecule has 3 heterocycles. The highest BCUT2D eigenvalue weighted by molar-refractivity contribution is 5.85. The van der Waals surface area contributed by atoms with Gasteiger partial charge in [-0.15, -0.1) is 0 Å². The highest BCUT2D eigenvalue weighted by Gasteiger charge is 2.44. The second-order valence-corrected chi connectivity index (χ2v) is 9.53. The number of hydrogen-bond acceptors (Lipinski definition) is 6. The molecule has 0 saturated carbocycles. The molecule has 0 atom stereocenters. The molecule has 11 heteroatoms. The molecule has 0 unspecified atom stereocenters. The number of anilines is 2. The van der Waals surface area contributed by atoms with E-state index >= 15 is 4.39 Å². The topological polar surface area (TPSA) is 78.6 Å². The SMILES string of the molecule is CC.CN(CC1CCN(C(=O)C2(F)CCN(Cc3cnc(N)nc3)CC2)CC1)c1c(F)cc(F)cc1F. The van der Waals surface area contributed by atoms with E-state index in [1.165, 1.54) is 4.90 Å². The number of benzene rings is 1. The van der Waals surface area contributed by atoms with Crippen LogP contribution in [0.2, 0.25) is 0 Å². The number of carbonyl (C=O) groups is 1. The van der Waals surface area contributed by atoms with E-state index in [0.29, 0.717) is 64.2 Å². The van der Waals surface area contributed by atoms with Crippen LogP contribution in [0, 0.1) is 23.4 Å². The van der Waals surface area contributed by atoms with Crippen LogP contribution < -0.4 is 10.6 Å². The summed E-state index contributed by atoms with van der Waals surface area (Å²) in [7, 11) is 1.55. The fourth-order valence-corrected chi connectivity index (χ4v) is 4.96. The number of nitrogen functional groups attached to an aromatic ring is 1. The van der Waals surface area contributed by atoms with Crippen LogP contribution in [0.4, 0.5) is 29.2 Å². The molecule has 37 heavy (non-hydrogen) atoms. The van der Waals surface area contributed by atoms with Crippen molar-refractivity contribution in [3.8, 4) is 0 Å². The fraction of sp³-hybridized carbons (Fsp3) is 0.577. The van der Waals surface area contributed by atoms with Crippen molar-refractivity contribution in [1.29, 1.82) is 0 Å². The Bertz CT molecular complexity index is 1010. The van der Waals surface area contributed by atoms with E-state index in [1.54, 1.807) is 24.3 Å². The average molecular weight is 525 g/mol. The van der Waals surface area contributed by atoms with Crippen molar-refractivity contribution in [2.24, 2.45) is 5.92 Å². The number of piperidine rings is 2. The number of hydrogen-bond donors (Lipinski definition) is 1. The fourth-order valence-electron chi connectivity index (χ4n) is 4.96. The monoisotopic (exact) mass is 524 g/mol. The van der Waals surface area contributed by atoms with Gasteiger partial charge in [0.2, 0.25) is 5.95 Å². The number of aromatic nitrogens is 2. The lowest BCUT2D eigenvalue weighted by molar-refractivity contribution is -0.149. The Labute approximate surface area is 215 Å². The molecule has 0 aliphatic carbocycles. The van der Waals surface area contributed by atoms with Crippen LogP contribution in [0.5, 0.6) is 0 Å². The van der Waals surface area contributed by atoms with Gasteiger partial charge < -0.3 is 15.5 Å². The molecule has 2 N–H and O–H groups in total. The highest BCUT2D eigenvalue weighted by Crippen LogP contribution is 2.32. The molecule has 2 aliphatic heterocycles. The lowest BCUT2D eigenvalue weighted by Gasteiger charge is -2.41. The van der Waals surface area contributed by atoms with Crippen LogP contribution in [0.25, 0.3) is 0 Å². The highest BCUT2D eigenvalue weighted by atomic mass is 19.2. The molecule has 204 valence electrons. The summed E-state index contributed by atoms with van der Waals surface area (Å²) in [6.45, 7) is 6.60. The predicted molar refractivity (Wildman–Crippen MR) is 135 cm³/mol. The summed E-state index contributed by atoms with van der Waals surface area (Å²) in [5.74, 6) is -3.07. The predicted octanol–water partition coefficient (Wildman–Crippen LogP) is 4.18. The molecule has 4 rings (SSSR count). The Kier molecular flexibility index (Phi) is 9.69. The largest absolute Gasteiger partial charge is 0.370 e. The molecule has 0 radical (unpaired) electrons. The van der Waals surface area contributed by atoms with E-state index in [1.807, 2.05) is 13.8 Å². The molecule has 1 aromatic carbocycles. The van der Waals surface area contributed by atoms with Gasteiger partial charge in [0, 0.05) is 89.2 Å². The number of alkyl halides is 1. The van der Waals surface area contributed by atoms with E-state index in [4.69, 9.17) is 5.73 Å². The second kappa shape index (κ2) is 12.5. The Morgan fingerprint density at radius 3 is 2.14 bits per heavy atom. The van der Waals surface area contributed by atoms with E-state index in [0.717, 1.165) is 5.56 Å². The van der Waals surface area contributed by atoms with Gasteiger partial charge in [0.25, 0.3) is 5.91 Å². The van der Waals surface area contributed by atoms with Crippen LogP contribution in [-0.4, -0.2) is 71.1 Å². The Morgan fingerprint density at radius 2 is 1.59 bits per heavy atom. The van der Waals surface area contributed by atoms with Gasteiger partial charge in [-0.1, -0.05) is 13.8 Å². The number of carbonyl (C=O) groups excluding carboxylic acids is 1. The average Bonchev–Trinajstić information content (AvgIpc) is 2.87. The van der Waals surface area contributed by atoms with Crippen LogP contribution in [-0.2, 0) is 11.3 Å². The first kappa shape index (κ1) is 28.6. The van der Waals surface area contributed by atoms with Crippen LogP contribution in [0.15, 0.2) is 24.5 Å². The van der Waals surface area contributed by atoms with Gasteiger partial charge in [0.1, 0.15) is 11.5 Å². The van der Waals surface area contributed by atoms with Gasteiger partial charge >= 0.3 is 0 Å². The van der Waals surface area contributed by atoms with E-state index in [9.17, 15) is 18.0 Å². The van der Waals surface area contributed by atoms with Gasteiger partial charge in [0.15, 0.2) is 17.3 Å². The Hall–Kier alpha value is -2.95. The molecule has 0 spiro atoms. The van der Waals surface area contributed by atoms with E-state index in [-0.39, 0.29) is 30.4 Å². The molecule has 2 saturated heterocycles. The lowest BCUT2D eigenvalue weighted by atomic mass is 9.89. The van der Waals surface area contributed by atoms with Crippen molar-refractivity contribution >= 4 is 17.5 Å². The van der Waals surface area contributed by atoms with Crippen molar-refractivity contribution < 1.29 is 22.4 Å². The van der Waals surface area contributed by atoms with Crippen molar-refractivity contribution in [2.75, 3.05) is 50.4 Å². The van der Waals surface area contributed by atoms with Gasteiger partial charge in [-0.3, -0.25) is 9.69 Å². The number of nitrogens with zero attached hydrogens (tertiary/aromatic N) is 5. The first-order valence-corrected chi connectivity index (χ1v) is 12.8. The summed E-state index contributed by atoms with van der Waals surface area (Å²) in [5.41, 5.74) is 4.22. The van der Waals surface area contributed by atoms with Gasteiger partial charge in [0.05, 0.1) is 0 Å². The molecule has 1 aromatic heterocycles. The maximum atomic E-state index is 15.6. The van der Waals surface area contributed by atoms with Gasteiger partial charge in [-0.2, -0.15) is 0 Å². The molecule has 1 amide bonds. The minimum absolute atomic E-state index is 0.0763.